The van der Waals surface area contributed by atoms with E-state index in [-0.39, 0.29) is 24.5 Å². The van der Waals surface area contributed by atoms with Gasteiger partial charge < -0.3 is 24.6 Å². The van der Waals surface area contributed by atoms with Crippen LogP contribution in [0.1, 0.15) is 24.2 Å². The highest BCUT2D eigenvalue weighted by atomic mass is 16.5. The van der Waals surface area contributed by atoms with Crippen LogP contribution in [0.25, 0.3) is 0 Å². The Balaban J connectivity index is 3.13. The Morgan fingerprint density at radius 3 is 2.05 bits per heavy atom. The Morgan fingerprint density at radius 2 is 1.62 bits per heavy atom. The molecule has 1 aromatic carbocycles. The zero-order chi connectivity index (χ0) is 16.0. The minimum Gasteiger partial charge on any atom is -0.496 e. The molecule has 0 saturated heterocycles. The van der Waals surface area contributed by atoms with Crippen molar-refractivity contribution in [3.63, 3.8) is 0 Å². The number of aliphatic hydroxyl groups is 1. The lowest BCUT2D eigenvalue weighted by molar-refractivity contribution is 0.0893. The van der Waals surface area contributed by atoms with Gasteiger partial charge >= 0.3 is 0 Å². The van der Waals surface area contributed by atoms with E-state index < -0.39 is 0 Å². The highest BCUT2D eigenvalue weighted by Crippen LogP contribution is 2.34. The average molecular weight is 297 g/mol. The third-order valence-corrected chi connectivity index (χ3v) is 3.27. The van der Waals surface area contributed by atoms with Crippen molar-refractivity contribution < 1.29 is 24.1 Å². The zero-order valence-electron chi connectivity index (χ0n) is 13.1. The van der Waals surface area contributed by atoms with E-state index in [0.717, 1.165) is 0 Å². The predicted molar refractivity (Wildman–Crippen MR) is 79.3 cm³/mol. The number of rotatable bonds is 7. The van der Waals surface area contributed by atoms with E-state index in [1.165, 1.54) is 21.3 Å². The molecule has 0 saturated carbocycles. The summed E-state index contributed by atoms with van der Waals surface area (Å²) < 4.78 is 15.6. The smallest absolute Gasteiger partial charge is 0.255 e. The van der Waals surface area contributed by atoms with Crippen LogP contribution < -0.4 is 19.5 Å². The maximum Gasteiger partial charge on any atom is 0.255 e. The first-order valence-electron chi connectivity index (χ1n) is 6.70. The fourth-order valence-corrected chi connectivity index (χ4v) is 1.88. The fourth-order valence-electron chi connectivity index (χ4n) is 1.88. The molecular weight excluding hydrogens is 274 g/mol. The van der Waals surface area contributed by atoms with Crippen molar-refractivity contribution in [2.75, 3.05) is 27.9 Å². The molecule has 1 amide bonds. The molecule has 0 aromatic heterocycles. The van der Waals surface area contributed by atoms with E-state index in [1.807, 2.05) is 13.8 Å². The van der Waals surface area contributed by atoms with Gasteiger partial charge in [-0.05, 0) is 5.92 Å². The molecule has 0 radical (unpaired) electrons. The van der Waals surface area contributed by atoms with E-state index in [4.69, 9.17) is 14.2 Å². The molecule has 6 nitrogen and oxygen atoms in total. The number of benzene rings is 1. The number of aliphatic hydroxyl groups excluding tert-OH is 1. The van der Waals surface area contributed by atoms with Crippen molar-refractivity contribution >= 4 is 5.91 Å². The third kappa shape index (κ3) is 4.01. The maximum absolute atomic E-state index is 12.4. The largest absolute Gasteiger partial charge is 0.496 e. The normalized spacial score (nSPS) is 12.0. The molecule has 0 aliphatic carbocycles. The monoisotopic (exact) mass is 297 g/mol. The van der Waals surface area contributed by atoms with Gasteiger partial charge in [-0.25, -0.2) is 0 Å². The summed E-state index contributed by atoms with van der Waals surface area (Å²) in [6.45, 7) is 3.72. The summed E-state index contributed by atoms with van der Waals surface area (Å²) in [5.41, 5.74) is 0.328. The van der Waals surface area contributed by atoms with Gasteiger partial charge in [0.1, 0.15) is 5.75 Å². The summed E-state index contributed by atoms with van der Waals surface area (Å²) in [7, 11) is 4.48. The van der Waals surface area contributed by atoms with Crippen molar-refractivity contribution in [3.05, 3.63) is 17.7 Å². The summed E-state index contributed by atoms with van der Waals surface area (Å²) >= 11 is 0. The molecule has 0 fully saturated rings. The van der Waals surface area contributed by atoms with Crippen LogP contribution in [0.2, 0.25) is 0 Å². The molecule has 0 heterocycles. The lowest BCUT2D eigenvalue weighted by atomic mass is 10.0. The number of hydrogen-bond donors (Lipinski definition) is 2. The molecule has 0 bridgehead atoms. The summed E-state index contributed by atoms with van der Waals surface area (Å²) in [6.07, 6.45) is 0. The van der Waals surface area contributed by atoms with E-state index in [0.29, 0.717) is 22.8 Å². The van der Waals surface area contributed by atoms with E-state index in [2.05, 4.69) is 5.32 Å². The van der Waals surface area contributed by atoms with Crippen LogP contribution >= 0.6 is 0 Å². The number of carbonyl (C=O) groups is 1. The van der Waals surface area contributed by atoms with Crippen LogP contribution in [0, 0.1) is 5.92 Å². The predicted octanol–water partition coefficient (Wildman–Crippen LogP) is 1.46. The van der Waals surface area contributed by atoms with E-state index >= 15 is 0 Å². The van der Waals surface area contributed by atoms with Gasteiger partial charge in [-0.3, -0.25) is 4.79 Å². The summed E-state index contributed by atoms with van der Waals surface area (Å²) in [5.74, 6) is 1.08. The highest BCUT2D eigenvalue weighted by molar-refractivity contribution is 5.98. The quantitative estimate of drug-likeness (QED) is 0.797. The van der Waals surface area contributed by atoms with Crippen LogP contribution in [0.4, 0.5) is 0 Å². The van der Waals surface area contributed by atoms with Crippen molar-refractivity contribution in [1.29, 1.82) is 0 Å². The second kappa shape index (κ2) is 7.73. The molecule has 1 unspecified atom stereocenters. The number of carbonyl (C=O) groups excluding carboxylic acids is 1. The number of hydrogen-bond acceptors (Lipinski definition) is 5. The fraction of sp³-hybridized carbons (Fsp3) is 0.533. The van der Waals surface area contributed by atoms with Crippen LogP contribution in [-0.4, -0.2) is 45.0 Å². The van der Waals surface area contributed by atoms with Crippen molar-refractivity contribution in [3.8, 4) is 17.2 Å². The molecule has 21 heavy (non-hydrogen) atoms. The van der Waals surface area contributed by atoms with Crippen LogP contribution in [-0.2, 0) is 0 Å². The van der Waals surface area contributed by atoms with Gasteiger partial charge in [0.05, 0.1) is 39.5 Å². The van der Waals surface area contributed by atoms with Gasteiger partial charge in [-0.2, -0.15) is 0 Å². The second-order valence-corrected chi connectivity index (χ2v) is 4.91. The first kappa shape index (κ1) is 17.1. The number of nitrogens with one attached hydrogen (secondary N) is 1. The van der Waals surface area contributed by atoms with E-state index in [1.54, 1.807) is 12.1 Å². The first-order chi connectivity index (χ1) is 9.98. The molecule has 2 N–H and O–H groups in total. The molecule has 0 aliphatic rings. The van der Waals surface area contributed by atoms with Gasteiger partial charge in [-0.1, -0.05) is 13.8 Å². The maximum atomic E-state index is 12.4. The molecule has 1 aromatic rings. The first-order valence-corrected chi connectivity index (χ1v) is 6.70. The Hall–Kier alpha value is -1.95. The van der Waals surface area contributed by atoms with Gasteiger partial charge in [0.2, 0.25) is 0 Å². The Kier molecular flexibility index (Phi) is 6.30. The molecular formula is C15H23NO5. The van der Waals surface area contributed by atoms with Gasteiger partial charge in [0.15, 0.2) is 11.5 Å². The van der Waals surface area contributed by atoms with Gasteiger partial charge in [0.25, 0.3) is 5.91 Å². The number of ether oxygens (including phenoxy) is 3. The molecule has 6 heteroatoms. The minimum atomic E-state index is -0.333. The summed E-state index contributed by atoms with van der Waals surface area (Å²) in [6, 6.07) is 2.83. The molecule has 118 valence electrons. The zero-order valence-corrected chi connectivity index (χ0v) is 13.1. The third-order valence-electron chi connectivity index (χ3n) is 3.27. The Labute approximate surface area is 125 Å². The highest BCUT2D eigenvalue weighted by Gasteiger charge is 2.21. The Morgan fingerprint density at radius 1 is 1.10 bits per heavy atom. The van der Waals surface area contributed by atoms with Gasteiger partial charge in [-0.15, -0.1) is 0 Å². The van der Waals surface area contributed by atoms with Crippen LogP contribution in [0.15, 0.2) is 12.1 Å². The lowest BCUT2D eigenvalue weighted by Gasteiger charge is -2.21. The minimum absolute atomic E-state index is 0.116. The summed E-state index contributed by atoms with van der Waals surface area (Å²) in [5, 5.41) is 12.1. The molecule has 1 rings (SSSR count). The average Bonchev–Trinajstić information content (AvgIpc) is 2.50. The number of methoxy groups -OCH3 is 3. The SMILES string of the molecule is COc1cc(OC)c(C(=O)NC(CO)C(C)C)cc1OC. The topological polar surface area (TPSA) is 77.0 Å². The van der Waals surface area contributed by atoms with Crippen LogP contribution in [0.5, 0.6) is 17.2 Å². The van der Waals surface area contributed by atoms with Crippen molar-refractivity contribution in [2.45, 2.75) is 19.9 Å². The van der Waals surface area contributed by atoms with Crippen molar-refractivity contribution in [1.82, 2.24) is 5.32 Å². The van der Waals surface area contributed by atoms with Crippen LogP contribution in [0.3, 0.4) is 0 Å². The van der Waals surface area contributed by atoms with Gasteiger partial charge in [0, 0.05) is 12.1 Å². The van der Waals surface area contributed by atoms with E-state index in [9.17, 15) is 9.90 Å². The molecule has 0 spiro atoms. The lowest BCUT2D eigenvalue weighted by Crippen LogP contribution is -2.41. The molecule has 1 atom stereocenters. The summed E-state index contributed by atoms with van der Waals surface area (Å²) in [4.78, 5) is 12.4. The standard InChI is InChI=1S/C15H23NO5/c1-9(2)11(8-17)16-15(18)10-6-13(20-4)14(21-5)7-12(10)19-3/h6-7,9,11,17H,8H2,1-5H3,(H,16,18). The number of amides is 1. The second-order valence-electron chi connectivity index (χ2n) is 4.91. The molecule has 0 aliphatic heterocycles. The Bertz CT molecular complexity index is 487. The van der Waals surface area contributed by atoms with Crippen molar-refractivity contribution in [2.24, 2.45) is 5.92 Å².